The van der Waals surface area contributed by atoms with Crippen molar-refractivity contribution < 1.29 is 34.2 Å². The normalized spacial score (nSPS) is 12.2. The maximum Gasteiger partial charge on any atom is 0.369 e. The van der Waals surface area contributed by atoms with E-state index in [4.69, 9.17) is 17.2 Å². The van der Waals surface area contributed by atoms with Crippen molar-refractivity contribution in [1.29, 1.82) is 0 Å². The van der Waals surface area contributed by atoms with Gasteiger partial charge >= 0.3 is 16.8 Å². The van der Waals surface area contributed by atoms with E-state index in [1.165, 1.54) is 0 Å². The first-order valence-corrected chi connectivity index (χ1v) is 5.11. The highest BCUT2D eigenvalue weighted by molar-refractivity contribution is 5.75. The van der Waals surface area contributed by atoms with Crippen molar-refractivity contribution in [3.8, 4) is 0 Å². The molecular formula is C6H13ClN4O5. The molecule has 1 unspecified atom stereocenters. The molecule has 0 bridgehead atoms. The van der Waals surface area contributed by atoms with Crippen LogP contribution >= 0.6 is 0 Å². The summed E-state index contributed by atoms with van der Waals surface area (Å²) in [6, 6.07) is -0.994. The van der Waals surface area contributed by atoms with Crippen LogP contribution in [0.3, 0.4) is 0 Å². The summed E-state index contributed by atoms with van der Waals surface area (Å²) >= 11 is 0. The Balaban J connectivity index is 3.67. The Kier molecular flexibility index (Phi) is 7.50. The van der Waals surface area contributed by atoms with Gasteiger partial charge in [0.05, 0.1) is 0 Å². The fraction of sp³-hybridized carbons (Fsp3) is 0.667. The van der Waals surface area contributed by atoms with Crippen LogP contribution < -0.4 is 26.5 Å². The second-order valence-electron chi connectivity index (χ2n) is 2.71. The molecule has 0 spiro atoms. The Morgan fingerprint density at radius 1 is 1.44 bits per heavy atom. The van der Waals surface area contributed by atoms with Gasteiger partial charge in [-0.15, -0.1) is 0 Å². The van der Waals surface area contributed by atoms with Gasteiger partial charge in [-0.25, -0.2) is 9.68 Å². The van der Waals surface area contributed by atoms with Gasteiger partial charge in [-0.1, -0.05) is 0 Å². The molecular weight excluding hydrogens is 244 g/mol. The van der Waals surface area contributed by atoms with Gasteiger partial charge in [0.15, 0.2) is 5.96 Å². The highest BCUT2D eigenvalue weighted by Crippen LogP contribution is 1.98. The van der Waals surface area contributed by atoms with E-state index in [-0.39, 0.29) is 12.4 Å². The fourth-order valence-electron chi connectivity index (χ4n) is 0.756. The first-order valence-electron chi connectivity index (χ1n) is 4.19. The molecule has 0 aliphatic carbocycles. The molecule has 0 radical (unpaired) electrons. The summed E-state index contributed by atoms with van der Waals surface area (Å²) in [6.07, 6.45) is 0.686. The van der Waals surface area contributed by atoms with Crippen LogP contribution in [-0.4, -0.2) is 24.5 Å². The van der Waals surface area contributed by atoms with Crippen LogP contribution in [0.25, 0.3) is 0 Å². The molecule has 94 valence electrons. The molecule has 0 aromatic rings. The van der Waals surface area contributed by atoms with E-state index in [0.29, 0.717) is 13.0 Å². The number of hydrogen-bond acceptors (Lipinski definition) is 7. The van der Waals surface area contributed by atoms with Crippen molar-refractivity contribution in [3.63, 3.8) is 0 Å². The molecule has 10 heteroatoms. The number of nitrogens with two attached hydrogens (primary N) is 3. The quantitative estimate of drug-likeness (QED) is 0.136. The fourth-order valence-corrected chi connectivity index (χ4v) is 0.869. The maximum absolute atomic E-state index is 10.9. The Hall–Kier alpha value is -1.13. The lowest BCUT2D eigenvalue weighted by Gasteiger charge is -2.05. The summed E-state index contributed by atoms with van der Waals surface area (Å²) in [4.78, 5) is 18.5. The third kappa shape index (κ3) is 8.20. The third-order valence-corrected chi connectivity index (χ3v) is 1.60. The number of aliphatic imine (C=N–C) groups is 1. The molecule has 0 saturated carbocycles. The summed E-state index contributed by atoms with van der Waals surface area (Å²) in [5.41, 5.74) is 15.5. The molecule has 16 heavy (non-hydrogen) atoms. The smallest absolute Gasteiger partial charge is 0.369 e. The Morgan fingerprint density at radius 2 is 2.06 bits per heavy atom. The van der Waals surface area contributed by atoms with Gasteiger partial charge in [-0.05, 0) is 12.8 Å². The molecule has 0 amide bonds. The van der Waals surface area contributed by atoms with Gasteiger partial charge in [0.2, 0.25) is 0 Å². The molecule has 0 aliphatic heterocycles. The molecule has 0 heterocycles. The summed E-state index contributed by atoms with van der Waals surface area (Å²) in [5, 5.41) is 0. The number of rotatable bonds is 7. The maximum atomic E-state index is 10.9. The third-order valence-electron chi connectivity index (χ3n) is 1.44. The molecule has 0 aliphatic rings. The van der Waals surface area contributed by atoms with Crippen LogP contribution in [0.2, 0.25) is 0 Å². The predicted octanol–water partition coefficient (Wildman–Crippen LogP) is -4.07. The zero-order chi connectivity index (χ0) is 12.6. The SMILES string of the molecule is NC(N)=NCCCC(N)C(=O)OO[Cl+2]([O-])[O-]. The Bertz CT molecular complexity index is 245. The Labute approximate surface area is 94.5 Å². The standard InChI is InChI=1S/C6H13ClN4O5/c8-4(2-1-3-11-6(9)10)5(12)15-16-7(13)14/h4H,1-3,8H2,(H4,9,10,11). The van der Waals surface area contributed by atoms with E-state index >= 15 is 0 Å². The van der Waals surface area contributed by atoms with Gasteiger partial charge in [-0.3, -0.25) is 4.99 Å². The van der Waals surface area contributed by atoms with Crippen molar-refractivity contribution in [2.24, 2.45) is 22.2 Å². The average Bonchev–Trinajstić information content (AvgIpc) is 2.20. The lowest BCUT2D eigenvalue weighted by atomic mass is 10.2. The predicted molar refractivity (Wildman–Crippen MR) is 45.1 cm³/mol. The zero-order valence-electron chi connectivity index (χ0n) is 8.30. The van der Waals surface area contributed by atoms with Crippen molar-refractivity contribution >= 4 is 11.9 Å². The van der Waals surface area contributed by atoms with Crippen molar-refractivity contribution in [1.82, 2.24) is 0 Å². The second kappa shape index (κ2) is 8.07. The molecule has 0 fully saturated rings. The van der Waals surface area contributed by atoms with E-state index in [0.717, 1.165) is 0 Å². The van der Waals surface area contributed by atoms with Crippen molar-refractivity contribution in [2.45, 2.75) is 18.9 Å². The molecule has 0 saturated heterocycles. The lowest BCUT2D eigenvalue weighted by molar-refractivity contribution is -1.64. The number of carbonyl (C=O) groups is 1. The zero-order valence-corrected chi connectivity index (χ0v) is 9.05. The summed E-state index contributed by atoms with van der Waals surface area (Å²) in [6.45, 7) is 0.315. The largest absolute Gasteiger partial charge is 0.370 e. The van der Waals surface area contributed by atoms with E-state index < -0.39 is 22.8 Å². The Morgan fingerprint density at radius 3 is 2.56 bits per heavy atom. The average molecular weight is 257 g/mol. The number of halogens is 1. The lowest BCUT2D eigenvalue weighted by Crippen LogP contribution is -2.38. The first kappa shape index (κ1) is 14.9. The van der Waals surface area contributed by atoms with Crippen LogP contribution in [0.15, 0.2) is 4.99 Å². The van der Waals surface area contributed by atoms with Gasteiger partial charge in [0.1, 0.15) is 6.04 Å². The molecule has 0 aromatic carbocycles. The van der Waals surface area contributed by atoms with Crippen LogP contribution in [0.1, 0.15) is 12.8 Å². The van der Waals surface area contributed by atoms with Crippen LogP contribution in [0.5, 0.6) is 0 Å². The molecule has 0 rings (SSSR count). The molecule has 6 N–H and O–H groups in total. The summed E-state index contributed by atoms with van der Waals surface area (Å²) in [7, 11) is -2.60. The van der Waals surface area contributed by atoms with Crippen LogP contribution in [0, 0.1) is 10.8 Å². The highest BCUT2D eigenvalue weighted by Gasteiger charge is 2.21. The number of guanidine groups is 1. The van der Waals surface area contributed by atoms with Gasteiger partial charge < -0.3 is 26.5 Å². The monoisotopic (exact) mass is 256 g/mol. The van der Waals surface area contributed by atoms with E-state index in [1.807, 2.05) is 0 Å². The molecule has 9 nitrogen and oxygen atoms in total. The van der Waals surface area contributed by atoms with Gasteiger partial charge in [0, 0.05) is 6.54 Å². The van der Waals surface area contributed by atoms with Crippen molar-refractivity contribution in [2.75, 3.05) is 6.54 Å². The molecule has 0 aromatic heterocycles. The van der Waals surface area contributed by atoms with E-state index in [2.05, 4.69) is 14.3 Å². The first-order chi connectivity index (χ1) is 7.43. The summed E-state index contributed by atoms with van der Waals surface area (Å²) in [5.74, 6) is -1.04. The number of nitrogens with zero attached hydrogens (tertiary/aromatic N) is 1. The van der Waals surface area contributed by atoms with Gasteiger partial charge in [0.25, 0.3) is 4.44 Å². The van der Waals surface area contributed by atoms with Crippen LogP contribution in [-0.2, 0) is 14.1 Å². The summed E-state index contributed by atoms with van der Waals surface area (Å²) < 4.78 is 23.2. The van der Waals surface area contributed by atoms with E-state index in [9.17, 15) is 14.1 Å². The highest BCUT2D eigenvalue weighted by atomic mass is 35.6. The van der Waals surface area contributed by atoms with E-state index in [1.54, 1.807) is 0 Å². The second-order valence-corrected chi connectivity index (χ2v) is 3.21. The van der Waals surface area contributed by atoms with Gasteiger partial charge in [-0.2, -0.15) is 0 Å². The van der Waals surface area contributed by atoms with Crippen LogP contribution in [0.4, 0.5) is 0 Å². The molecule has 1 atom stereocenters. The minimum atomic E-state index is -2.60. The minimum absolute atomic E-state index is 0.0559. The number of hydrogen-bond donors (Lipinski definition) is 3. The van der Waals surface area contributed by atoms with Crippen molar-refractivity contribution in [3.05, 3.63) is 0 Å². The minimum Gasteiger partial charge on any atom is -0.370 e. The topological polar surface area (TPSA) is 172 Å². The number of carbonyl (C=O) groups excluding carboxylic acids is 1.